The first-order valence-electron chi connectivity index (χ1n) is 5.37. The van der Waals surface area contributed by atoms with Gasteiger partial charge in [-0.05, 0) is 11.5 Å². The molecule has 1 N–H and O–H groups in total. The minimum atomic E-state index is -0.985. The highest BCUT2D eigenvalue weighted by atomic mass is 32.2. The van der Waals surface area contributed by atoms with E-state index in [0.717, 1.165) is 15.8 Å². The number of carboxylic acid groups (broad SMARTS) is 1. The monoisotopic (exact) mass is 247 g/mol. The van der Waals surface area contributed by atoms with E-state index in [1.807, 2.05) is 24.3 Å². The van der Waals surface area contributed by atoms with Crippen molar-refractivity contribution in [3.63, 3.8) is 0 Å². The SMILES string of the molecule is CC(C)Sc1nc(C(=O)O)cc2ccccc12. The van der Waals surface area contributed by atoms with Crippen molar-refractivity contribution in [2.75, 3.05) is 0 Å². The Kier molecular flexibility index (Phi) is 3.33. The average Bonchev–Trinajstić information content (AvgIpc) is 2.28. The summed E-state index contributed by atoms with van der Waals surface area (Å²) in [5.41, 5.74) is 0.104. The molecule has 1 aromatic heterocycles. The highest BCUT2D eigenvalue weighted by Crippen LogP contribution is 2.29. The molecule has 1 aromatic carbocycles. The molecule has 0 bridgehead atoms. The molecule has 0 aliphatic rings. The molecule has 0 saturated carbocycles. The van der Waals surface area contributed by atoms with Crippen LogP contribution in [0, 0.1) is 0 Å². The predicted molar refractivity (Wildman–Crippen MR) is 69.7 cm³/mol. The summed E-state index contributed by atoms with van der Waals surface area (Å²) < 4.78 is 0. The lowest BCUT2D eigenvalue weighted by molar-refractivity contribution is 0.0690. The molecule has 1 heterocycles. The summed E-state index contributed by atoms with van der Waals surface area (Å²) in [5, 5.41) is 12.1. The lowest BCUT2D eigenvalue weighted by Crippen LogP contribution is -2.02. The Morgan fingerprint density at radius 3 is 2.71 bits per heavy atom. The largest absolute Gasteiger partial charge is 0.477 e. The molecule has 4 heteroatoms. The second-order valence-corrected chi connectivity index (χ2v) is 5.57. The van der Waals surface area contributed by atoms with E-state index in [2.05, 4.69) is 18.8 Å². The summed E-state index contributed by atoms with van der Waals surface area (Å²) in [6, 6.07) is 9.33. The van der Waals surface area contributed by atoms with Gasteiger partial charge in [0.25, 0.3) is 0 Å². The van der Waals surface area contributed by atoms with E-state index < -0.39 is 5.97 Å². The molecule has 0 spiro atoms. The highest BCUT2D eigenvalue weighted by molar-refractivity contribution is 8.00. The molecule has 0 radical (unpaired) electrons. The van der Waals surface area contributed by atoms with E-state index in [1.54, 1.807) is 17.8 Å². The molecule has 88 valence electrons. The van der Waals surface area contributed by atoms with E-state index in [9.17, 15) is 4.79 Å². The Bertz CT molecular complexity index is 566. The molecule has 0 aliphatic heterocycles. The summed E-state index contributed by atoms with van der Waals surface area (Å²) in [7, 11) is 0. The molecule has 0 aliphatic carbocycles. The van der Waals surface area contributed by atoms with Crippen molar-refractivity contribution in [2.45, 2.75) is 24.1 Å². The van der Waals surface area contributed by atoms with E-state index in [4.69, 9.17) is 5.11 Å². The topological polar surface area (TPSA) is 50.2 Å². The van der Waals surface area contributed by atoms with Crippen molar-refractivity contribution >= 4 is 28.5 Å². The summed E-state index contributed by atoms with van der Waals surface area (Å²) in [4.78, 5) is 15.2. The lowest BCUT2D eigenvalue weighted by atomic mass is 10.1. The Hall–Kier alpha value is -1.55. The van der Waals surface area contributed by atoms with E-state index in [0.29, 0.717) is 5.25 Å². The third kappa shape index (κ3) is 2.58. The van der Waals surface area contributed by atoms with Crippen LogP contribution < -0.4 is 0 Å². The number of aromatic nitrogens is 1. The molecule has 0 saturated heterocycles. The van der Waals surface area contributed by atoms with Crippen LogP contribution in [-0.2, 0) is 0 Å². The quantitative estimate of drug-likeness (QED) is 0.844. The molecule has 3 nitrogen and oxygen atoms in total. The fourth-order valence-corrected chi connectivity index (χ4v) is 2.50. The first-order chi connectivity index (χ1) is 8.08. The van der Waals surface area contributed by atoms with Crippen LogP contribution in [0.5, 0.6) is 0 Å². The Morgan fingerprint density at radius 2 is 2.06 bits per heavy atom. The van der Waals surface area contributed by atoms with Gasteiger partial charge in [-0.2, -0.15) is 0 Å². The number of hydrogen-bond donors (Lipinski definition) is 1. The fraction of sp³-hybridized carbons (Fsp3) is 0.231. The van der Waals surface area contributed by atoms with Crippen LogP contribution in [0.1, 0.15) is 24.3 Å². The molecule has 17 heavy (non-hydrogen) atoms. The van der Waals surface area contributed by atoms with Gasteiger partial charge in [0.15, 0.2) is 0 Å². The Labute approximate surface area is 104 Å². The van der Waals surface area contributed by atoms with E-state index >= 15 is 0 Å². The number of thioether (sulfide) groups is 1. The van der Waals surface area contributed by atoms with Crippen LogP contribution in [0.3, 0.4) is 0 Å². The van der Waals surface area contributed by atoms with Crippen molar-refractivity contribution in [3.8, 4) is 0 Å². The number of carboxylic acids is 1. The van der Waals surface area contributed by atoms with Gasteiger partial charge in [-0.15, -0.1) is 11.8 Å². The number of nitrogens with zero attached hydrogens (tertiary/aromatic N) is 1. The van der Waals surface area contributed by atoms with Crippen LogP contribution in [0.2, 0.25) is 0 Å². The van der Waals surface area contributed by atoms with Crippen molar-refractivity contribution in [1.82, 2.24) is 4.98 Å². The maximum Gasteiger partial charge on any atom is 0.354 e. The smallest absolute Gasteiger partial charge is 0.354 e. The van der Waals surface area contributed by atoms with Gasteiger partial charge in [0.1, 0.15) is 10.7 Å². The molecule has 0 amide bonds. The van der Waals surface area contributed by atoms with Crippen LogP contribution in [-0.4, -0.2) is 21.3 Å². The zero-order valence-electron chi connectivity index (χ0n) is 9.68. The summed E-state index contributed by atoms with van der Waals surface area (Å²) in [5.74, 6) is -0.985. The van der Waals surface area contributed by atoms with Crippen molar-refractivity contribution < 1.29 is 9.90 Å². The molecular weight excluding hydrogens is 234 g/mol. The van der Waals surface area contributed by atoms with Gasteiger partial charge < -0.3 is 5.11 Å². The van der Waals surface area contributed by atoms with Gasteiger partial charge in [0, 0.05) is 10.6 Å². The first kappa shape index (κ1) is 11.9. The minimum absolute atomic E-state index is 0.104. The Balaban J connectivity index is 2.64. The summed E-state index contributed by atoms with van der Waals surface area (Å²) >= 11 is 1.59. The molecule has 0 fully saturated rings. The van der Waals surface area contributed by atoms with Crippen molar-refractivity contribution in [3.05, 3.63) is 36.0 Å². The van der Waals surface area contributed by atoms with Crippen molar-refractivity contribution in [1.29, 1.82) is 0 Å². The average molecular weight is 247 g/mol. The minimum Gasteiger partial charge on any atom is -0.477 e. The number of fused-ring (bicyclic) bond motifs is 1. The van der Waals surface area contributed by atoms with Crippen LogP contribution in [0.4, 0.5) is 0 Å². The zero-order valence-corrected chi connectivity index (χ0v) is 10.5. The van der Waals surface area contributed by atoms with Gasteiger partial charge in [0.2, 0.25) is 0 Å². The van der Waals surface area contributed by atoms with E-state index in [-0.39, 0.29) is 5.69 Å². The zero-order chi connectivity index (χ0) is 12.4. The number of aromatic carboxylic acids is 1. The second kappa shape index (κ2) is 4.75. The predicted octanol–water partition coefficient (Wildman–Crippen LogP) is 3.43. The summed E-state index contributed by atoms with van der Waals surface area (Å²) in [6.07, 6.45) is 0. The normalized spacial score (nSPS) is 11.0. The Morgan fingerprint density at radius 1 is 1.35 bits per heavy atom. The van der Waals surface area contributed by atoms with E-state index in [1.165, 1.54) is 0 Å². The number of pyridine rings is 1. The number of hydrogen-bond acceptors (Lipinski definition) is 3. The third-order valence-corrected chi connectivity index (χ3v) is 3.28. The van der Waals surface area contributed by atoms with Gasteiger partial charge in [-0.1, -0.05) is 38.1 Å². The van der Waals surface area contributed by atoms with Crippen LogP contribution in [0.25, 0.3) is 10.8 Å². The number of rotatable bonds is 3. The second-order valence-electron chi connectivity index (χ2n) is 4.01. The fourth-order valence-electron chi connectivity index (χ4n) is 1.59. The van der Waals surface area contributed by atoms with Gasteiger partial charge in [0.05, 0.1) is 0 Å². The molecule has 2 rings (SSSR count). The van der Waals surface area contributed by atoms with Gasteiger partial charge in [-0.3, -0.25) is 0 Å². The molecule has 0 atom stereocenters. The van der Waals surface area contributed by atoms with Crippen LogP contribution in [0.15, 0.2) is 35.4 Å². The van der Waals surface area contributed by atoms with Crippen LogP contribution >= 0.6 is 11.8 Å². The standard InChI is InChI=1S/C13H13NO2S/c1-8(2)17-12-10-6-4-3-5-9(10)7-11(14-12)13(15)16/h3-8H,1-2H3,(H,15,16). The lowest BCUT2D eigenvalue weighted by Gasteiger charge is -2.09. The van der Waals surface area contributed by atoms with Gasteiger partial charge in [-0.25, -0.2) is 9.78 Å². The maximum absolute atomic E-state index is 11.0. The third-order valence-electron chi connectivity index (χ3n) is 2.27. The molecule has 0 unspecified atom stereocenters. The molecular formula is C13H13NO2S. The maximum atomic E-state index is 11.0. The summed E-state index contributed by atoms with van der Waals surface area (Å²) in [6.45, 7) is 4.13. The first-order valence-corrected chi connectivity index (χ1v) is 6.25. The highest BCUT2D eigenvalue weighted by Gasteiger charge is 2.11. The van der Waals surface area contributed by atoms with Gasteiger partial charge >= 0.3 is 5.97 Å². The number of benzene rings is 1. The number of carbonyl (C=O) groups is 1. The molecule has 2 aromatic rings. The van der Waals surface area contributed by atoms with Crippen molar-refractivity contribution in [2.24, 2.45) is 0 Å².